The molecule has 1 fully saturated rings. The van der Waals surface area contributed by atoms with Crippen molar-refractivity contribution in [3.63, 3.8) is 0 Å². The zero-order valence-electron chi connectivity index (χ0n) is 11.1. The van der Waals surface area contributed by atoms with Crippen LogP contribution < -0.4 is 10.6 Å². The molecule has 0 aromatic carbocycles. The summed E-state index contributed by atoms with van der Waals surface area (Å²) in [5.41, 5.74) is 1.13. The predicted octanol–water partition coefficient (Wildman–Crippen LogP) is 1.80. The van der Waals surface area contributed by atoms with Crippen LogP contribution in [-0.2, 0) is 6.42 Å². The normalized spacial score (nSPS) is 23.7. The highest BCUT2D eigenvalue weighted by atomic mass is 16.3. The van der Waals surface area contributed by atoms with E-state index in [1.807, 2.05) is 7.05 Å². The van der Waals surface area contributed by atoms with Crippen molar-refractivity contribution in [2.75, 3.05) is 17.7 Å². The SMILES string of the molecule is CCc1c(NC)ncnc1NC1CCC(O)CC1. The second kappa shape index (κ2) is 6.00. The predicted molar refractivity (Wildman–Crippen MR) is 72.8 cm³/mol. The van der Waals surface area contributed by atoms with E-state index in [0.717, 1.165) is 49.3 Å². The number of rotatable bonds is 4. The summed E-state index contributed by atoms with van der Waals surface area (Å²) in [6, 6.07) is 0.415. The first kappa shape index (κ1) is 13.1. The van der Waals surface area contributed by atoms with E-state index >= 15 is 0 Å². The molecule has 3 N–H and O–H groups in total. The number of aliphatic hydroxyl groups excluding tert-OH is 1. The maximum atomic E-state index is 9.51. The number of hydrogen-bond donors (Lipinski definition) is 3. The molecular weight excluding hydrogens is 228 g/mol. The van der Waals surface area contributed by atoms with Crippen LogP contribution in [0.3, 0.4) is 0 Å². The van der Waals surface area contributed by atoms with E-state index in [0.29, 0.717) is 6.04 Å². The fourth-order valence-electron chi connectivity index (χ4n) is 2.50. The molecule has 1 aromatic rings. The van der Waals surface area contributed by atoms with Gasteiger partial charge in [-0.25, -0.2) is 9.97 Å². The minimum absolute atomic E-state index is 0.119. The second-order valence-corrected chi connectivity index (χ2v) is 4.80. The third kappa shape index (κ3) is 2.90. The van der Waals surface area contributed by atoms with Crippen molar-refractivity contribution in [2.24, 2.45) is 0 Å². The van der Waals surface area contributed by atoms with Crippen LogP contribution >= 0.6 is 0 Å². The minimum atomic E-state index is -0.119. The Labute approximate surface area is 108 Å². The van der Waals surface area contributed by atoms with E-state index < -0.39 is 0 Å². The Morgan fingerprint density at radius 2 is 1.89 bits per heavy atom. The smallest absolute Gasteiger partial charge is 0.134 e. The van der Waals surface area contributed by atoms with Gasteiger partial charge >= 0.3 is 0 Å². The summed E-state index contributed by atoms with van der Waals surface area (Å²) in [5.74, 6) is 1.82. The fraction of sp³-hybridized carbons (Fsp3) is 0.692. The molecule has 0 aliphatic heterocycles. The van der Waals surface area contributed by atoms with Gasteiger partial charge in [-0.15, -0.1) is 0 Å². The van der Waals surface area contributed by atoms with Gasteiger partial charge in [0.1, 0.15) is 18.0 Å². The molecule has 100 valence electrons. The number of aromatic nitrogens is 2. The molecule has 0 unspecified atom stereocenters. The summed E-state index contributed by atoms with van der Waals surface area (Å²) in [6.07, 6.45) is 6.13. The van der Waals surface area contributed by atoms with Crippen molar-refractivity contribution < 1.29 is 5.11 Å². The Morgan fingerprint density at radius 3 is 2.50 bits per heavy atom. The van der Waals surface area contributed by atoms with Gasteiger partial charge in [-0.05, 0) is 32.1 Å². The number of anilines is 2. The average Bonchev–Trinajstić information content (AvgIpc) is 2.41. The summed E-state index contributed by atoms with van der Waals surface area (Å²) < 4.78 is 0. The monoisotopic (exact) mass is 250 g/mol. The van der Waals surface area contributed by atoms with Crippen molar-refractivity contribution >= 4 is 11.6 Å². The van der Waals surface area contributed by atoms with Gasteiger partial charge in [0.15, 0.2) is 0 Å². The van der Waals surface area contributed by atoms with E-state index in [9.17, 15) is 5.11 Å². The van der Waals surface area contributed by atoms with Crippen molar-refractivity contribution in [1.82, 2.24) is 9.97 Å². The maximum absolute atomic E-state index is 9.51. The van der Waals surface area contributed by atoms with E-state index in [2.05, 4.69) is 27.5 Å². The van der Waals surface area contributed by atoms with Crippen LogP contribution in [0.2, 0.25) is 0 Å². The largest absolute Gasteiger partial charge is 0.393 e. The molecule has 0 atom stereocenters. The molecule has 5 heteroatoms. The van der Waals surface area contributed by atoms with Gasteiger partial charge < -0.3 is 15.7 Å². The van der Waals surface area contributed by atoms with Gasteiger partial charge in [0.05, 0.1) is 6.10 Å². The molecule has 1 aliphatic rings. The van der Waals surface area contributed by atoms with Crippen LogP contribution in [0.1, 0.15) is 38.2 Å². The van der Waals surface area contributed by atoms with Crippen LogP contribution in [0.4, 0.5) is 11.6 Å². The summed E-state index contributed by atoms with van der Waals surface area (Å²) in [4.78, 5) is 8.58. The van der Waals surface area contributed by atoms with Crippen molar-refractivity contribution in [1.29, 1.82) is 0 Å². The molecule has 1 aromatic heterocycles. The molecule has 2 rings (SSSR count). The third-order valence-corrected chi connectivity index (χ3v) is 3.57. The second-order valence-electron chi connectivity index (χ2n) is 4.80. The molecule has 18 heavy (non-hydrogen) atoms. The Hall–Kier alpha value is -1.36. The van der Waals surface area contributed by atoms with Gasteiger partial charge in [-0.3, -0.25) is 0 Å². The third-order valence-electron chi connectivity index (χ3n) is 3.57. The maximum Gasteiger partial charge on any atom is 0.134 e. The van der Waals surface area contributed by atoms with Crippen LogP contribution in [0.25, 0.3) is 0 Å². The van der Waals surface area contributed by atoms with Gasteiger partial charge in [0.25, 0.3) is 0 Å². The highest BCUT2D eigenvalue weighted by Gasteiger charge is 2.20. The standard InChI is InChI=1S/C13H22N4O/c1-3-11-12(14-2)15-8-16-13(11)17-9-4-6-10(18)7-5-9/h8-10,18H,3-7H2,1-2H3,(H2,14,15,16,17). The molecule has 0 amide bonds. The highest BCUT2D eigenvalue weighted by molar-refractivity contribution is 5.57. The molecule has 0 spiro atoms. The topological polar surface area (TPSA) is 70.1 Å². The lowest BCUT2D eigenvalue weighted by molar-refractivity contribution is 0.126. The van der Waals surface area contributed by atoms with Crippen LogP contribution in [0, 0.1) is 0 Å². The van der Waals surface area contributed by atoms with Gasteiger partial charge in [0, 0.05) is 18.7 Å². The Bertz CT molecular complexity index is 389. The molecule has 1 aliphatic carbocycles. The summed E-state index contributed by atoms with van der Waals surface area (Å²) >= 11 is 0. The number of nitrogens with one attached hydrogen (secondary N) is 2. The zero-order chi connectivity index (χ0) is 13.0. The van der Waals surface area contributed by atoms with E-state index in [-0.39, 0.29) is 6.10 Å². The first-order valence-corrected chi connectivity index (χ1v) is 6.70. The van der Waals surface area contributed by atoms with Gasteiger partial charge in [-0.1, -0.05) is 6.92 Å². The lowest BCUT2D eigenvalue weighted by atomic mass is 9.93. The highest BCUT2D eigenvalue weighted by Crippen LogP contribution is 2.25. The first-order valence-electron chi connectivity index (χ1n) is 6.70. The molecule has 1 heterocycles. The van der Waals surface area contributed by atoms with Crippen LogP contribution in [0.5, 0.6) is 0 Å². The van der Waals surface area contributed by atoms with E-state index in [1.54, 1.807) is 6.33 Å². The van der Waals surface area contributed by atoms with E-state index in [1.165, 1.54) is 0 Å². The minimum Gasteiger partial charge on any atom is -0.393 e. The van der Waals surface area contributed by atoms with Crippen LogP contribution in [-0.4, -0.2) is 34.3 Å². The molecule has 0 radical (unpaired) electrons. The summed E-state index contributed by atoms with van der Waals surface area (Å²) in [7, 11) is 1.88. The number of hydrogen-bond acceptors (Lipinski definition) is 5. The lowest BCUT2D eigenvalue weighted by Crippen LogP contribution is -2.29. The summed E-state index contributed by atoms with van der Waals surface area (Å²) in [5, 5.41) is 16.1. The van der Waals surface area contributed by atoms with Crippen molar-refractivity contribution in [2.45, 2.75) is 51.2 Å². The van der Waals surface area contributed by atoms with Gasteiger partial charge in [0.2, 0.25) is 0 Å². The molecule has 0 saturated heterocycles. The molecular formula is C13H22N4O. The summed E-state index contributed by atoms with van der Waals surface area (Å²) in [6.45, 7) is 2.11. The quantitative estimate of drug-likeness (QED) is 0.760. The van der Waals surface area contributed by atoms with Crippen molar-refractivity contribution in [3.05, 3.63) is 11.9 Å². The molecule has 5 nitrogen and oxygen atoms in total. The first-order chi connectivity index (χ1) is 8.74. The Kier molecular flexibility index (Phi) is 4.36. The number of nitrogens with zero attached hydrogens (tertiary/aromatic N) is 2. The Balaban J connectivity index is 2.09. The Morgan fingerprint density at radius 1 is 1.22 bits per heavy atom. The molecule has 1 saturated carbocycles. The zero-order valence-corrected chi connectivity index (χ0v) is 11.1. The van der Waals surface area contributed by atoms with Crippen molar-refractivity contribution in [3.8, 4) is 0 Å². The fourth-order valence-corrected chi connectivity index (χ4v) is 2.50. The number of aliphatic hydroxyl groups is 1. The lowest BCUT2D eigenvalue weighted by Gasteiger charge is -2.27. The van der Waals surface area contributed by atoms with Crippen LogP contribution in [0.15, 0.2) is 6.33 Å². The van der Waals surface area contributed by atoms with Gasteiger partial charge in [-0.2, -0.15) is 0 Å². The average molecular weight is 250 g/mol. The molecule has 0 bridgehead atoms. The van der Waals surface area contributed by atoms with E-state index in [4.69, 9.17) is 0 Å².